The predicted molar refractivity (Wildman–Crippen MR) is 89.4 cm³/mol. The van der Waals surface area contributed by atoms with Gasteiger partial charge in [0, 0.05) is 31.5 Å². The second kappa shape index (κ2) is 10.6. The van der Waals surface area contributed by atoms with Crippen molar-refractivity contribution < 1.29 is 19.4 Å². The topological polar surface area (TPSA) is 78.9 Å². The lowest BCUT2D eigenvalue weighted by atomic mass is 9.69. The summed E-state index contributed by atoms with van der Waals surface area (Å²) in [5.74, 6) is 0.214. The number of carbonyl (C=O) groups excluding carboxylic acids is 1. The molecule has 0 aromatic carbocycles. The van der Waals surface area contributed by atoms with Crippen LogP contribution >= 0.6 is 0 Å². The number of nitrogens with one attached hydrogen (secondary N) is 1. The van der Waals surface area contributed by atoms with E-state index in [9.17, 15) is 4.79 Å². The van der Waals surface area contributed by atoms with E-state index >= 15 is 0 Å². The molecule has 2 aliphatic rings. The van der Waals surface area contributed by atoms with Crippen LogP contribution in [0.15, 0.2) is 0 Å². The molecule has 0 radical (unpaired) electrons. The first kappa shape index (κ1) is 19.9. The summed E-state index contributed by atoms with van der Waals surface area (Å²) in [5, 5.41) is 10.0. The number of hydrogen-bond donors (Lipinski definition) is 2. The van der Waals surface area contributed by atoms with Gasteiger partial charge < -0.3 is 20.1 Å². The number of likely N-dealkylation sites (tertiary alicyclic amines) is 1. The van der Waals surface area contributed by atoms with Crippen LogP contribution in [0.2, 0.25) is 0 Å². The summed E-state index contributed by atoms with van der Waals surface area (Å²) < 4.78 is 5.29. The van der Waals surface area contributed by atoms with E-state index < -0.39 is 0 Å². The Labute approximate surface area is 139 Å². The fourth-order valence-corrected chi connectivity index (χ4v) is 3.54. The number of hydrogen-bond acceptors (Lipinski definition) is 4. The van der Waals surface area contributed by atoms with Crippen molar-refractivity contribution in [2.24, 2.45) is 5.41 Å². The van der Waals surface area contributed by atoms with E-state index in [0.29, 0.717) is 12.5 Å². The Morgan fingerprint density at radius 1 is 1.39 bits per heavy atom. The molecule has 134 valence electrons. The normalized spacial score (nSPS) is 23.1. The van der Waals surface area contributed by atoms with Gasteiger partial charge >= 0.3 is 0 Å². The maximum absolute atomic E-state index is 12.0. The molecule has 1 saturated heterocycles. The van der Waals surface area contributed by atoms with Gasteiger partial charge in [-0.2, -0.15) is 0 Å². The average molecular weight is 328 g/mol. The number of amides is 1. The molecule has 1 aliphatic heterocycles. The van der Waals surface area contributed by atoms with Gasteiger partial charge in [0.15, 0.2) is 0 Å². The van der Waals surface area contributed by atoms with Crippen molar-refractivity contribution in [3.8, 4) is 0 Å². The number of methoxy groups -OCH3 is 1. The Morgan fingerprint density at radius 2 is 2.09 bits per heavy atom. The molecule has 1 amide bonds. The van der Waals surface area contributed by atoms with Gasteiger partial charge in [0.05, 0.1) is 6.61 Å². The monoisotopic (exact) mass is 328 g/mol. The van der Waals surface area contributed by atoms with Crippen molar-refractivity contribution >= 4 is 12.4 Å². The van der Waals surface area contributed by atoms with Crippen LogP contribution in [0.3, 0.4) is 0 Å². The summed E-state index contributed by atoms with van der Waals surface area (Å²) in [6, 6.07) is 0.603. The van der Waals surface area contributed by atoms with E-state index in [-0.39, 0.29) is 17.8 Å². The van der Waals surface area contributed by atoms with Crippen LogP contribution in [0, 0.1) is 5.41 Å². The summed E-state index contributed by atoms with van der Waals surface area (Å²) in [7, 11) is 3.93. The Kier molecular flexibility index (Phi) is 9.17. The second-order valence-electron chi connectivity index (χ2n) is 6.84. The summed E-state index contributed by atoms with van der Waals surface area (Å²) in [6.07, 6.45) is 9.17. The smallest absolute Gasteiger partial charge is 0.290 e. The molecule has 1 aliphatic carbocycles. The zero-order valence-electron chi connectivity index (χ0n) is 14.6. The van der Waals surface area contributed by atoms with Crippen molar-refractivity contribution in [1.82, 2.24) is 10.2 Å². The molecule has 0 bridgehead atoms. The van der Waals surface area contributed by atoms with E-state index in [2.05, 4.69) is 17.3 Å². The molecule has 2 rings (SSSR count). The molecule has 0 aromatic rings. The van der Waals surface area contributed by atoms with Gasteiger partial charge in [0.2, 0.25) is 5.91 Å². The highest BCUT2D eigenvalue weighted by molar-refractivity contribution is 5.75. The van der Waals surface area contributed by atoms with Gasteiger partial charge in [-0.3, -0.25) is 9.59 Å². The van der Waals surface area contributed by atoms with E-state index in [1.807, 2.05) is 0 Å². The zero-order chi connectivity index (χ0) is 17.1. The molecule has 0 aromatic heterocycles. The van der Waals surface area contributed by atoms with E-state index in [0.717, 1.165) is 19.6 Å². The average Bonchev–Trinajstić information content (AvgIpc) is 2.50. The summed E-state index contributed by atoms with van der Waals surface area (Å²) in [4.78, 5) is 22.8. The number of piperidine rings is 1. The van der Waals surface area contributed by atoms with Crippen LogP contribution in [0.5, 0.6) is 0 Å². The number of nitrogens with zero attached hydrogens (tertiary/aromatic N) is 1. The molecular weight excluding hydrogens is 296 g/mol. The van der Waals surface area contributed by atoms with Crippen LogP contribution in [0.1, 0.15) is 51.4 Å². The number of rotatable bonds is 7. The SMILES string of the molecule is COCC1(CNC(=O)CCC2CCCCN2C)CCC1.O=CO. The summed E-state index contributed by atoms with van der Waals surface area (Å²) in [5.41, 5.74) is 0.228. The number of carboxylic acid groups (broad SMARTS) is 1. The molecular formula is C17H32N2O4. The third-order valence-electron chi connectivity index (χ3n) is 5.15. The summed E-state index contributed by atoms with van der Waals surface area (Å²) in [6.45, 7) is 2.50. The molecule has 6 heteroatoms. The van der Waals surface area contributed by atoms with Crippen LogP contribution in [0.4, 0.5) is 0 Å². The fraction of sp³-hybridized carbons (Fsp3) is 0.882. The number of ether oxygens (including phenoxy) is 1. The van der Waals surface area contributed by atoms with Gasteiger partial charge in [-0.15, -0.1) is 0 Å². The third-order valence-corrected chi connectivity index (χ3v) is 5.15. The van der Waals surface area contributed by atoms with Gasteiger partial charge in [-0.25, -0.2) is 0 Å². The van der Waals surface area contributed by atoms with Crippen molar-refractivity contribution in [3.63, 3.8) is 0 Å². The highest BCUT2D eigenvalue weighted by atomic mass is 16.5. The van der Waals surface area contributed by atoms with Crippen molar-refractivity contribution in [1.29, 1.82) is 0 Å². The summed E-state index contributed by atoms with van der Waals surface area (Å²) >= 11 is 0. The van der Waals surface area contributed by atoms with E-state index in [1.54, 1.807) is 7.11 Å². The first-order chi connectivity index (χ1) is 11.1. The highest BCUT2D eigenvalue weighted by Gasteiger charge is 2.37. The van der Waals surface area contributed by atoms with Crippen LogP contribution in [-0.2, 0) is 14.3 Å². The highest BCUT2D eigenvalue weighted by Crippen LogP contribution is 2.40. The lowest BCUT2D eigenvalue weighted by Gasteiger charge is -2.41. The second-order valence-corrected chi connectivity index (χ2v) is 6.84. The van der Waals surface area contributed by atoms with Gasteiger partial charge in [-0.1, -0.05) is 12.8 Å². The lowest BCUT2D eigenvalue weighted by Crippen LogP contribution is -2.45. The molecule has 1 saturated carbocycles. The van der Waals surface area contributed by atoms with Crippen molar-refractivity contribution in [3.05, 3.63) is 0 Å². The first-order valence-corrected chi connectivity index (χ1v) is 8.60. The zero-order valence-corrected chi connectivity index (χ0v) is 14.6. The molecule has 1 atom stereocenters. The lowest BCUT2D eigenvalue weighted by molar-refractivity contribution is -0.123. The predicted octanol–water partition coefficient (Wildman–Crippen LogP) is 1.88. The molecule has 1 unspecified atom stereocenters. The minimum atomic E-state index is -0.250. The van der Waals surface area contributed by atoms with Gasteiger partial charge in [0.25, 0.3) is 6.47 Å². The van der Waals surface area contributed by atoms with Crippen LogP contribution < -0.4 is 5.32 Å². The minimum absolute atomic E-state index is 0.214. The molecule has 23 heavy (non-hydrogen) atoms. The minimum Gasteiger partial charge on any atom is -0.483 e. The standard InChI is InChI=1S/C16H30N2O2.CH2O2/c1-18-11-4-3-6-14(18)7-8-15(19)17-12-16(13-20-2)9-5-10-16;2-1-3/h14H,3-13H2,1-2H3,(H,17,19);1H,(H,2,3). The Hall–Kier alpha value is -1.14. The Balaban J connectivity index is 0.000000816. The molecule has 1 heterocycles. The number of carbonyl (C=O) groups is 2. The van der Waals surface area contributed by atoms with E-state index in [1.165, 1.54) is 45.1 Å². The Bertz CT molecular complexity index is 359. The van der Waals surface area contributed by atoms with Gasteiger partial charge in [0.1, 0.15) is 0 Å². The largest absolute Gasteiger partial charge is 0.483 e. The quantitative estimate of drug-likeness (QED) is 0.698. The van der Waals surface area contributed by atoms with Crippen LogP contribution in [0.25, 0.3) is 0 Å². The first-order valence-electron chi connectivity index (χ1n) is 8.60. The maximum atomic E-state index is 12.0. The van der Waals surface area contributed by atoms with Crippen molar-refractivity contribution in [2.75, 3.05) is 33.9 Å². The van der Waals surface area contributed by atoms with Crippen molar-refractivity contribution in [2.45, 2.75) is 57.4 Å². The molecule has 2 N–H and O–H groups in total. The Morgan fingerprint density at radius 3 is 2.61 bits per heavy atom. The molecule has 2 fully saturated rings. The fourth-order valence-electron chi connectivity index (χ4n) is 3.54. The van der Waals surface area contributed by atoms with Crippen LogP contribution in [-0.4, -0.2) is 62.3 Å². The maximum Gasteiger partial charge on any atom is 0.290 e. The molecule has 0 spiro atoms. The third kappa shape index (κ3) is 6.87. The van der Waals surface area contributed by atoms with Gasteiger partial charge in [-0.05, 0) is 45.7 Å². The van der Waals surface area contributed by atoms with E-state index in [4.69, 9.17) is 14.6 Å². The molecule has 6 nitrogen and oxygen atoms in total.